The molecule has 0 unspecified atom stereocenters. The molecule has 2 heterocycles. The summed E-state index contributed by atoms with van der Waals surface area (Å²) in [7, 11) is 0. The van der Waals surface area contributed by atoms with Crippen LogP contribution in [0.5, 0.6) is 0 Å². The molecule has 3 aliphatic rings. The van der Waals surface area contributed by atoms with Gasteiger partial charge in [-0.3, -0.25) is 9.59 Å². The lowest BCUT2D eigenvalue weighted by Crippen LogP contribution is -2.45. The van der Waals surface area contributed by atoms with E-state index in [-0.39, 0.29) is 17.9 Å². The lowest BCUT2D eigenvalue weighted by molar-refractivity contribution is -0.125. The zero-order valence-electron chi connectivity index (χ0n) is 12.8. The fourth-order valence-electron chi connectivity index (χ4n) is 3.95. The predicted octanol–water partition coefficient (Wildman–Crippen LogP) is 2.58. The minimum Gasteiger partial charge on any atom is -0.354 e. The summed E-state index contributed by atoms with van der Waals surface area (Å²) in [6, 6.07) is 5.80. The number of carbonyl (C=O) groups excluding carboxylic acids is 2. The number of carbonyl (C=O) groups is 2. The molecule has 2 fully saturated rings. The van der Waals surface area contributed by atoms with Gasteiger partial charge in [-0.15, -0.1) is 0 Å². The number of amides is 2. The summed E-state index contributed by atoms with van der Waals surface area (Å²) in [6.45, 7) is 1.34. The van der Waals surface area contributed by atoms with E-state index in [1.54, 1.807) is 4.90 Å². The van der Waals surface area contributed by atoms with Gasteiger partial charge >= 0.3 is 0 Å². The van der Waals surface area contributed by atoms with Gasteiger partial charge in [-0.05, 0) is 55.2 Å². The molecule has 2 aliphatic heterocycles. The first kappa shape index (κ1) is 13.8. The molecule has 2 amide bonds. The third-order valence-electron chi connectivity index (χ3n) is 5.46. The Labute approximate surface area is 130 Å². The highest BCUT2D eigenvalue weighted by Crippen LogP contribution is 2.41. The number of fused-ring (bicyclic) bond motifs is 1. The second kappa shape index (κ2) is 5.41. The van der Waals surface area contributed by atoms with E-state index < -0.39 is 0 Å². The van der Waals surface area contributed by atoms with Crippen LogP contribution in [0.15, 0.2) is 18.2 Å². The van der Waals surface area contributed by atoms with E-state index in [0.29, 0.717) is 12.5 Å². The molecule has 4 nitrogen and oxygen atoms in total. The zero-order valence-corrected chi connectivity index (χ0v) is 12.8. The van der Waals surface area contributed by atoms with E-state index in [4.69, 9.17) is 0 Å². The number of benzene rings is 1. The maximum absolute atomic E-state index is 12.8. The van der Waals surface area contributed by atoms with Crippen molar-refractivity contribution in [2.24, 2.45) is 0 Å². The monoisotopic (exact) mass is 298 g/mol. The second-order valence-electron chi connectivity index (χ2n) is 6.74. The van der Waals surface area contributed by atoms with Gasteiger partial charge in [0.15, 0.2) is 0 Å². The topological polar surface area (TPSA) is 49.4 Å². The van der Waals surface area contributed by atoms with Crippen molar-refractivity contribution < 1.29 is 9.59 Å². The van der Waals surface area contributed by atoms with Gasteiger partial charge in [0.1, 0.15) is 6.04 Å². The van der Waals surface area contributed by atoms with Crippen LogP contribution in [0, 0.1) is 0 Å². The van der Waals surface area contributed by atoms with Crippen LogP contribution >= 0.6 is 0 Å². The van der Waals surface area contributed by atoms with Crippen LogP contribution in [0.4, 0.5) is 0 Å². The molecule has 0 radical (unpaired) electrons. The van der Waals surface area contributed by atoms with Gasteiger partial charge < -0.3 is 10.2 Å². The average molecular weight is 298 g/mol. The minimum atomic E-state index is -0.295. The van der Waals surface area contributed by atoms with Gasteiger partial charge in [0.2, 0.25) is 5.91 Å². The number of rotatable bonds is 2. The smallest absolute Gasteiger partial charge is 0.255 e. The highest BCUT2D eigenvalue weighted by Gasteiger charge is 2.38. The summed E-state index contributed by atoms with van der Waals surface area (Å²) in [5, 5.41) is 2.95. The molecule has 1 atom stereocenters. The lowest BCUT2D eigenvalue weighted by Gasteiger charge is -2.28. The van der Waals surface area contributed by atoms with E-state index in [2.05, 4.69) is 11.4 Å². The quantitative estimate of drug-likeness (QED) is 0.912. The number of nitrogens with one attached hydrogen (secondary N) is 1. The molecule has 1 saturated carbocycles. The molecule has 0 bridgehead atoms. The Morgan fingerprint density at radius 1 is 1.05 bits per heavy atom. The van der Waals surface area contributed by atoms with Crippen LogP contribution in [0.3, 0.4) is 0 Å². The predicted molar refractivity (Wildman–Crippen MR) is 83.6 cm³/mol. The number of nitrogens with zero attached hydrogens (tertiary/aromatic N) is 1. The Morgan fingerprint density at radius 2 is 1.91 bits per heavy atom. The van der Waals surface area contributed by atoms with Crippen LogP contribution in [0.25, 0.3) is 0 Å². The molecule has 1 N–H and O–H groups in total. The largest absolute Gasteiger partial charge is 0.354 e. The van der Waals surface area contributed by atoms with Gasteiger partial charge in [-0.2, -0.15) is 0 Å². The van der Waals surface area contributed by atoms with Gasteiger partial charge in [0.25, 0.3) is 5.91 Å². The van der Waals surface area contributed by atoms with Crippen LogP contribution in [0.2, 0.25) is 0 Å². The highest BCUT2D eigenvalue weighted by molar-refractivity contribution is 6.01. The molecule has 4 heteroatoms. The molecule has 1 saturated heterocycles. The minimum absolute atomic E-state index is 0.0175. The first-order chi connectivity index (χ1) is 10.8. The molecule has 22 heavy (non-hydrogen) atoms. The van der Waals surface area contributed by atoms with Gasteiger partial charge in [0.05, 0.1) is 0 Å². The third kappa shape index (κ3) is 2.13. The molecule has 1 aromatic rings. The maximum Gasteiger partial charge on any atom is 0.255 e. The molecule has 1 aliphatic carbocycles. The Balaban J connectivity index is 1.64. The number of hydrogen-bond acceptors (Lipinski definition) is 2. The fraction of sp³-hybridized carbons (Fsp3) is 0.556. The first-order valence-electron chi connectivity index (χ1n) is 8.46. The van der Waals surface area contributed by atoms with E-state index >= 15 is 0 Å². The van der Waals surface area contributed by atoms with Gasteiger partial charge in [0, 0.05) is 18.7 Å². The van der Waals surface area contributed by atoms with Crippen LogP contribution in [0.1, 0.15) is 65.9 Å². The SMILES string of the molecule is O=C1NCCCC[C@@H]1N1Cc2c(cccc2C2CCC2)C1=O. The Kier molecular flexibility index (Phi) is 3.40. The summed E-state index contributed by atoms with van der Waals surface area (Å²) >= 11 is 0. The highest BCUT2D eigenvalue weighted by atomic mass is 16.2. The Hall–Kier alpha value is -1.84. The summed E-state index contributed by atoms with van der Waals surface area (Å²) in [5.41, 5.74) is 3.34. The molecule has 0 spiro atoms. The van der Waals surface area contributed by atoms with Crippen molar-refractivity contribution in [2.75, 3.05) is 6.54 Å². The normalized spacial score (nSPS) is 25.5. The number of hydrogen-bond donors (Lipinski definition) is 1. The molecule has 0 aromatic heterocycles. The van der Waals surface area contributed by atoms with Gasteiger partial charge in [-0.25, -0.2) is 0 Å². The zero-order chi connectivity index (χ0) is 15.1. The molecular weight excluding hydrogens is 276 g/mol. The summed E-state index contributed by atoms with van der Waals surface area (Å²) in [4.78, 5) is 26.9. The molecular formula is C18H22N2O2. The second-order valence-corrected chi connectivity index (χ2v) is 6.74. The summed E-state index contributed by atoms with van der Waals surface area (Å²) in [5.74, 6) is 0.674. The van der Waals surface area contributed by atoms with Crippen LogP contribution in [-0.2, 0) is 11.3 Å². The van der Waals surface area contributed by atoms with E-state index in [9.17, 15) is 9.59 Å². The van der Waals surface area contributed by atoms with Gasteiger partial charge in [-0.1, -0.05) is 18.6 Å². The van der Waals surface area contributed by atoms with E-state index in [1.807, 2.05) is 12.1 Å². The van der Waals surface area contributed by atoms with Crippen molar-refractivity contribution in [3.8, 4) is 0 Å². The average Bonchev–Trinajstić information content (AvgIpc) is 2.65. The standard InChI is InChI=1S/C18H22N2O2/c21-17-16(9-1-2-10-19-17)20-11-15-13(12-5-3-6-12)7-4-8-14(15)18(20)22/h4,7-8,12,16H,1-3,5-6,9-11H2,(H,19,21)/t16-/m0/s1. The first-order valence-corrected chi connectivity index (χ1v) is 8.46. The molecule has 1 aromatic carbocycles. The third-order valence-corrected chi connectivity index (χ3v) is 5.46. The van der Waals surface area contributed by atoms with Crippen molar-refractivity contribution in [1.82, 2.24) is 10.2 Å². The van der Waals surface area contributed by atoms with Crippen LogP contribution in [-0.4, -0.2) is 29.3 Å². The Morgan fingerprint density at radius 3 is 2.68 bits per heavy atom. The van der Waals surface area contributed by atoms with Crippen molar-refractivity contribution in [3.05, 3.63) is 34.9 Å². The van der Waals surface area contributed by atoms with E-state index in [1.165, 1.54) is 30.4 Å². The van der Waals surface area contributed by atoms with Crippen molar-refractivity contribution >= 4 is 11.8 Å². The summed E-state index contributed by atoms with van der Waals surface area (Å²) < 4.78 is 0. The molecule has 116 valence electrons. The van der Waals surface area contributed by atoms with E-state index in [0.717, 1.165) is 31.4 Å². The maximum atomic E-state index is 12.8. The summed E-state index contributed by atoms with van der Waals surface area (Å²) in [6.07, 6.45) is 6.54. The fourth-order valence-corrected chi connectivity index (χ4v) is 3.95. The van der Waals surface area contributed by atoms with Crippen molar-refractivity contribution in [3.63, 3.8) is 0 Å². The lowest BCUT2D eigenvalue weighted by atomic mass is 9.77. The van der Waals surface area contributed by atoms with Crippen LogP contribution < -0.4 is 5.32 Å². The van der Waals surface area contributed by atoms with Crippen molar-refractivity contribution in [1.29, 1.82) is 0 Å². The van der Waals surface area contributed by atoms with Crippen molar-refractivity contribution in [2.45, 2.75) is 57.0 Å². The molecule has 4 rings (SSSR count). The Bertz CT molecular complexity index is 622.